The Labute approximate surface area is 125 Å². The Morgan fingerprint density at radius 2 is 2.10 bits per heavy atom. The summed E-state index contributed by atoms with van der Waals surface area (Å²) in [4.78, 5) is 13.4. The van der Waals surface area contributed by atoms with Gasteiger partial charge in [0.1, 0.15) is 5.75 Å². The average Bonchev–Trinajstić information content (AvgIpc) is 2.50. The summed E-state index contributed by atoms with van der Waals surface area (Å²) in [6.45, 7) is 2.60. The molecule has 1 aliphatic heterocycles. The van der Waals surface area contributed by atoms with Crippen molar-refractivity contribution in [3.63, 3.8) is 0 Å². The number of anilines is 1. The van der Waals surface area contributed by atoms with Crippen LogP contribution >= 0.6 is 0 Å². The molecule has 1 amide bonds. The molecule has 1 aromatic carbocycles. The minimum Gasteiger partial charge on any atom is -0.493 e. The predicted molar refractivity (Wildman–Crippen MR) is 82.9 cm³/mol. The van der Waals surface area contributed by atoms with E-state index in [1.807, 2.05) is 25.2 Å². The first kappa shape index (κ1) is 15.8. The molecule has 1 aromatic rings. The molecule has 1 heterocycles. The molecular formula is C16H24N2O3. The molecule has 21 heavy (non-hydrogen) atoms. The van der Waals surface area contributed by atoms with Crippen LogP contribution in [0.15, 0.2) is 18.2 Å². The predicted octanol–water partition coefficient (Wildman–Crippen LogP) is 1.34. The molecule has 0 saturated heterocycles. The Morgan fingerprint density at radius 3 is 2.90 bits per heavy atom. The van der Waals surface area contributed by atoms with Crippen LogP contribution in [-0.4, -0.2) is 44.4 Å². The SMILES string of the molecule is CN1C(=O)CCc2c(OCCCNCCCO)cccc21. The summed E-state index contributed by atoms with van der Waals surface area (Å²) in [5.41, 5.74) is 2.10. The third-order valence-corrected chi connectivity index (χ3v) is 3.70. The third kappa shape index (κ3) is 4.19. The molecule has 0 spiro atoms. The Hall–Kier alpha value is -1.59. The molecule has 0 atom stereocenters. The van der Waals surface area contributed by atoms with E-state index >= 15 is 0 Å². The minimum atomic E-state index is 0.160. The Balaban J connectivity index is 1.83. The zero-order valence-corrected chi connectivity index (χ0v) is 12.6. The molecule has 116 valence electrons. The van der Waals surface area contributed by atoms with Gasteiger partial charge >= 0.3 is 0 Å². The fourth-order valence-electron chi connectivity index (χ4n) is 2.50. The van der Waals surface area contributed by atoms with Gasteiger partial charge in [-0.3, -0.25) is 4.79 Å². The van der Waals surface area contributed by atoms with Crippen LogP contribution in [0, 0.1) is 0 Å². The summed E-state index contributed by atoms with van der Waals surface area (Å²) in [5, 5.41) is 11.9. The van der Waals surface area contributed by atoms with Crippen molar-refractivity contribution >= 4 is 11.6 Å². The Bertz CT molecular complexity index is 477. The summed E-state index contributed by atoms with van der Waals surface area (Å²) in [5.74, 6) is 1.05. The van der Waals surface area contributed by atoms with Gasteiger partial charge in [0.2, 0.25) is 5.91 Å². The van der Waals surface area contributed by atoms with E-state index in [-0.39, 0.29) is 12.5 Å². The highest BCUT2D eigenvalue weighted by Gasteiger charge is 2.23. The van der Waals surface area contributed by atoms with Crippen molar-refractivity contribution in [3.05, 3.63) is 23.8 Å². The minimum absolute atomic E-state index is 0.160. The topological polar surface area (TPSA) is 61.8 Å². The van der Waals surface area contributed by atoms with Crippen LogP contribution in [0.2, 0.25) is 0 Å². The van der Waals surface area contributed by atoms with Crippen LogP contribution in [0.5, 0.6) is 5.75 Å². The molecule has 0 radical (unpaired) electrons. The van der Waals surface area contributed by atoms with Gasteiger partial charge in [0.05, 0.1) is 12.3 Å². The lowest BCUT2D eigenvalue weighted by molar-refractivity contribution is -0.118. The van der Waals surface area contributed by atoms with Crippen LogP contribution in [0.1, 0.15) is 24.8 Å². The Morgan fingerprint density at radius 1 is 1.29 bits per heavy atom. The van der Waals surface area contributed by atoms with Gasteiger partial charge in [-0.1, -0.05) is 6.07 Å². The molecule has 1 aliphatic rings. The van der Waals surface area contributed by atoms with Gasteiger partial charge < -0.3 is 20.1 Å². The number of rotatable bonds is 8. The van der Waals surface area contributed by atoms with Gasteiger partial charge in [-0.25, -0.2) is 0 Å². The van der Waals surface area contributed by atoms with Gasteiger partial charge in [0.15, 0.2) is 0 Å². The molecule has 5 heteroatoms. The number of fused-ring (bicyclic) bond motifs is 1. The van der Waals surface area contributed by atoms with Crippen molar-refractivity contribution in [3.8, 4) is 5.75 Å². The van der Waals surface area contributed by atoms with Crippen molar-refractivity contribution in [2.75, 3.05) is 38.3 Å². The van der Waals surface area contributed by atoms with Crippen LogP contribution in [0.3, 0.4) is 0 Å². The van der Waals surface area contributed by atoms with E-state index in [9.17, 15) is 4.79 Å². The van der Waals surface area contributed by atoms with Gasteiger partial charge in [-0.05, 0) is 44.5 Å². The molecule has 2 N–H and O–H groups in total. The average molecular weight is 292 g/mol. The number of hydrogen-bond donors (Lipinski definition) is 2. The largest absolute Gasteiger partial charge is 0.493 e. The van der Waals surface area contributed by atoms with Gasteiger partial charge in [0, 0.05) is 25.6 Å². The molecule has 0 saturated carbocycles. The highest BCUT2D eigenvalue weighted by Crippen LogP contribution is 2.33. The highest BCUT2D eigenvalue weighted by molar-refractivity contribution is 5.96. The maximum atomic E-state index is 11.7. The molecule has 0 bridgehead atoms. The first-order valence-electron chi connectivity index (χ1n) is 7.57. The van der Waals surface area contributed by atoms with E-state index in [1.54, 1.807) is 4.90 Å². The molecule has 2 rings (SSSR count). The van der Waals surface area contributed by atoms with E-state index < -0.39 is 0 Å². The van der Waals surface area contributed by atoms with Gasteiger partial charge in [-0.15, -0.1) is 0 Å². The quantitative estimate of drug-likeness (QED) is 0.710. The van der Waals surface area contributed by atoms with Gasteiger partial charge in [0.25, 0.3) is 0 Å². The maximum absolute atomic E-state index is 11.7. The van der Waals surface area contributed by atoms with Crippen molar-refractivity contribution in [1.82, 2.24) is 5.32 Å². The second kappa shape index (κ2) is 8.00. The van der Waals surface area contributed by atoms with Crippen LogP contribution < -0.4 is 15.0 Å². The number of nitrogens with one attached hydrogen (secondary N) is 1. The van der Waals surface area contributed by atoms with Crippen molar-refractivity contribution in [2.24, 2.45) is 0 Å². The highest BCUT2D eigenvalue weighted by atomic mass is 16.5. The molecule has 0 fully saturated rings. The van der Waals surface area contributed by atoms with Crippen molar-refractivity contribution < 1.29 is 14.6 Å². The van der Waals surface area contributed by atoms with Crippen molar-refractivity contribution in [1.29, 1.82) is 0 Å². The second-order valence-electron chi connectivity index (χ2n) is 5.24. The molecule has 0 aliphatic carbocycles. The number of ether oxygens (including phenoxy) is 1. The lowest BCUT2D eigenvalue weighted by Gasteiger charge is -2.27. The van der Waals surface area contributed by atoms with E-state index in [0.29, 0.717) is 13.0 Å². The number of aliphatic hydroxyl groups is 1. The molecule has 5 nitrogen and oxygen atoms in total. The zero-order chi connectivity index (χ0) is 15.1. The van der Waals surface area contributed by atoms with Crippen LogP contribution in [0.25, 0.3) is 0 Å². The number of aliphatic hydroxyl groups excluding tert-OH is 1. The number of hydrogen-bond acceptors (Lipinski definition) is 4. The summed E-state index contributed by atoms with van der Waals surface area (Å²) < 4.78 is 5.87. The summed E-state index contributed by atoms with van der Waals surface area (Å²) in [7, 11) is 1.81. The molecular weight excluding hydrogens is 268 g/mol. The normalized spacial score (nSPS) is 14.2. The Kier molecular flexibility index (Phi) is 6.02. The van der Waals surface area contributed by atoms with E-state index in [1.165, 1.54) is 0 Å². The third-order valence-electron chi connectivity index (χ3n) is 3.70. The number of nitrogens with zero attached hydrogens (tertiary/aromatic N) is 1. The lowest BCUT2D eigenvalue weighted by atomic mass is 10.0. The number of carbonyl (C=O) groups is 1. The molecule has 0 aromatic heterocycles. The van der Waals surface area contributed by atoms with Crippen molar-refractivity contribution in [2.45, 2.75) is 25.7 Å². The van der Waals surface area contributed by atoms with E-state index in [0.717, 1.165) is 49.4 Å². The first-order chi connectivity index (χ1) is 10.2. The fourth-order valence-corrected chi connectivity index (χ4v) is 2.50. The van der Waals surface area contributed by atoms with Gasteiger partial charge in [-0.2, -0.15) is 0 Å². The zero-order valence-electron chi connectivity index (χ0n) is 12.6. The summed E-state index contributed by atoms with van der Waals surface area (Å²) in [6, 6.07) is 5.88. The smallest absolute Gasteiger partial charge is 0.227 e. The standard InChI is InChI=1S/C16H24N2O3/c1-18-14-5-2-6-15(13(14)7-8-16(18)20)21-12-4-10-17-9-3-11-19/h2,5-6,17,19H,3-4,7-12H2,1H3. The van der Waals surface area contributed by atoms with E-state index in [2.05, 4.69) is 5.32 Å². The lowest BCUT2D eigenvalue weighted by Crippen LogP contribution is -2.31. The number of amides is 1. The number of benzene rings is 1. The number of carbonyl (C=O) groups excluding carboxylic acids is 1. The monoisotopic (exact) mass is 292 g/mol. The summed E-state index contributed by atoms with van der Waals surface area (Å²) >= 11 is 0. The first-order valence-corrected chi connectivity index (χ1v) is 7.57. The fraction of sp³-hybridized carbons (Fsp3) is 0.562. The maximum Gasteiger partial charge on any atom is 0.227 e. The molecule has 0 unspecified atom stereocenters. The van der Waals surface area contributed by atoms with Crippen LogP contribution in [-0.2, 0) is 11.2 Å². The second-order valence-corrected chi connectivity index (χ2v) is 5.24. The summed E-state index contributed by atoms with van der Waals surface area (Å²) in [6.07, 6.45) is 3.01. The van der Waals surface area contributed by atoms with Crippen LogP contribution in [0.4, 0.5) is 5.69 Å². The van der Waals surface area contributed by atoms with E-state index in [4.69, 9.17) is 9.84 Å².